The maximum absolute atomic E-state index is 13.8. The molecule has 0 aliphatic rings. The summed E-state index contributed by atoms with van der Waals surface area (Å²) in [7, 11) is 1.77. The monoisotopic (exact) mass is 252 g/mol. The van der Waals surface area contributed by atoms with Crippen molar-refractivity contribution in [1.29, 1.82) is 0 Å². The average Bonchev–Trinajstić information content (AvgIpc) is 2.67. The predicted molar refractivity (Wildman–Crippen MR) is 64.1 cm³/mol. The number of benzene rings is 1. The third kappa shape index (κ3) is 2.65. The molecule has 0 aliphatic heterocycles. The highest BCUT2D eigenvalue weighted by Crippen LogP contribution is 2.29. The van der Waals surface area contributed by atoms with Crippen LogP contribution in [0.2, 0.25) is 0 Å². The van der Waals surface area contributed by atoms with Gasteiger partial charge in [-0.15, -0.1) is 0 Å². The molecule has 1 aromatic carbocycles. The van der Waals surface area contributed by atoms with Crippen LogP contribution in [-0.2, 0) is 7.05 Å². The molecule has 1 heterocycles. The van der Waals surface area contributed by atoms with Gasteiger partial charge in [0.25, 0.3) is 0 Å². The second-order valence-corrected chi connectivity index (χ2v) is 4.76. The summed E-state index contributed by atoms with van der Waals surface area (Å²) in [6.07, 6.45) is 1.44. The molecule has 0 fully saturated rings. The molecule has 1 atom stereocenters. The summed E-state index contributed by atoms with van der Waals surface area (Å²) < 4.78 is 15.4. The highest BCUT2D eigenvalue weighted by Gasteiger charge is 2.10. The van der Waals surface area contributed by atoms with Crippen LogP contribution in [0.25, 0.3) is 0 Å². The molecular formula is C11H13FN4S. The first-order chi connectivity index (χ1) is 8.08. The van der Waals surface area contributed by atoms with Crippen LogP contribution in [0.3, 0.4) is 0 Å². The minimum atomic E-state index is -0.284. The van der Waals surface area contributed by atoms with Crippen molar-refractivity contribution in [2.24, 2.45) is 12.8 Å². The minimum Gasteiger partial charge on any atom is -0.324 e. The molecular weight excluding hydrogens is 239 g/mol. The third-order valence-electron chi connectivity index (χ3n) is 2.35. The Kier molecular flexibility index (Phi) is 3.44. The lowest BCUT2D eigenvalue weighted by Gasteiger charge is -2.08. The standard InChI is InChI=1S/C11H13FN4S/c1-7(13)8-3-4-10(9(12)5-8)17-11-14-6-15-16(11)2/h3-7H,13H2,1-2H3/t7-/m1/s1. The highest BCUT2D eigenvalue weighted by atomic mass is 32.2. The molecule has 2 N–H and O–H groups in total. The maximum Gasteiger partial charge on any atom is 0.190 e. The average molecular weight is 252 g/mol. The predicted octanol–water partition coefficient (Wildman–Crippen LogP) is 2.13. The van der Waals surface area contributed by atoms with E-state index in [4.69, 9.17) is 5.73 Å². The lowest BCUT2D eigenvalue weighted by molar-refractivity contribution is 0.595. The Balaban J connectivity index is 2.26. The van der Waals surface area contributed by atoms with Crippen LogP contribution >= 0.6 is 11.8 Å². The van der Waals surface area contributed by atoms with E-state index in [-0.39, 0.29) is 11.9 Å². The number of rotatable bonds is 3. The zero-order chi connectivity index (χ0) is 12.4. The van der Waals surface area contributed by atoms with Gasteiger partial charge in [-0.05, 0) is 36.4 Å². The van der Waals surface area contributed by atoms with E-state index in [0.717, 1.165) is 5.56 Å². The second kappa shape index (κ2) is 4.85. The third-order valence-corrected chi connectivity index (χ3v) is 3.46. The molecule has 17 heavy (non-hydrogen) atoms. The summed E-state index contributed by atoms with van der Waals surface area (Å²) in [5.41, 5.74) is 6.48. The first kappa shape index (κ1) is 12.1. The zero-order valence-corrected chi connectivity index (χ0v) is 10.4. The molecule has 1 aromatic heterocycles. The van der Waals surface area contributed by atoms with Crippen molar-refractivity contribution in [3.63, 3.8) is 0 Å². The van der Waals surface area contributed by atoms with Crippen LogP contribution in [0, 0.1) is 5.82 Å². The molecule has 0 bridgehead atoms. The van der Waals surface area contributed by atoms with Gasteiger partial charge in [0.2, 0.25) is 0 Å². The van der Waals surface area contributed by atoms with Crippen molar-refractivity contribution in [1.82, 2.24) is 14.8 Å². The van der Waals surface area contributed by atoms with Crippen molar-refractivity contribution in [2.45, 2.75) is 23.0 Å². The van der Waals surface area contributed by atoms with E-state index in [9.17, 15) is 4.39 Å². The van der Waals surface area contributed by atoms with Crippen molar-refractivity contribution in [3.05, 3.63) is 35.9 Å². The van der Waals surface area contributed by atoms with Gasteiger partial charge >= 0.3 is 0 Å². The molecule has 0 saturated heterocycles. The van der Waals surface area contributed by atoms with Crippen molar-refractivity contribution < 1.29 is 4.39 Å². The van der Waals surface area contributed by atoms with Crippen molar-refractivity contribution in [3.8, 4) is 0 Å². The van der Waals surface area contributed by atoms with Crippen molar-refractivity contribution in [2.75, 3.05) is 0 Å². The minimum absolute atomic E-state index is 0.168. The van der Waals surface area contributed by atoms with Gasteiger partial charge in [-0.3, -0.25) is 0 Å². The van der Waals surface area contributed by atoms with E-state index in [2.05, 4.69) is 10.1 Å². The Labute approximate surface area is 103 Å². The van der Waals surface area contributed by atoms with Gasteiger partial charge < -0.3 is 5.73 Å². The Morgan fingerprint density at radius 2 is 2.24 bits per heavy atom. The van der Waals surface area contributed by atoms with Gasteiger partial charge in [-0.2, -0.15) is 5.10 Å². The Morgan fingerprint density at radius 1 is 1.47 bits per heavy atom. The van der Waals surface area contributed by atoms with Crippen LogP contribution < -0.4 is 5.73 Å². The fourth-order valence-corrected chi connectivity index (χ4v) is 2.13. The molecule has 0 radical (unpaired) electrons. The highest BCUT2D eigenvalue weighted by molar-refractivity contribution is 7.99. The number of halogens is 1. The lowest BCUT2D eigenvalue weighted by atomic mass is 10.1. The normalized spacial score (nSPS) is 12.7. The van der Waals surface area contributed by atoms with E-state index in [1.165, 1.54) is 24.2 Å². The van der Waals surface area contributed by atoms with E-state index < -0.39 is 0 Å². The SMILES string of the molecule is C[C@@H](N)c1ccc(Sc2ncnn2C)c(F)c1. The Morgan fingerprint density at radius 3 is 2.76 bits per heavy atom. The van der Waals surface area contributed by atoms with Crippen molar-refractivity contribution >= 4 is 11.8 Å². The fourth-order valence-electron chi connectivity index (χ4n) is 1.36. The number of hydrogen-bond acceptors (Lipinski definition) is 4. The summed E-state index contributed by atoms with van der Waals surface area (Å²) in [6, 6.07) is 4.83. The maximum atomic E-state index is 13.8. The number of nitrogens with zero attached hydrogens (tertiary/aromatic N) is 3. The van der Waals surface area contributed by atoms with Gasteiger partial charge in [0.15, 0.2) is 5.16 Å². The second-order valence-electron chi connectivity index (χ2n) is 3.75. The molecule has 0 saturated carbocycles. The quantitative estimate of drug-likeness (QED) is 0.909. The summed E-state index contributed by atoms with van der Waals surface area (Å²) in [4.78, 5) is 4.55. The Bertz CT molecular complexity index is 524. The largest absolute Gasteiger partial charge is 0.324 e. The number of hydrogen-bond donors (Lipinski definition) is 1. The lowest BCUT2D eigenvalue weighted by Crippen LogP contribution is -2.05. The molecule has 2 rings (SSSR count). The summed E-state index contributed by atoms with van der Waals surface area (Å²) in [5.74, 6) is -0.284. The summed E-state index contributed by atoms with van der Waals surface area (Å²) in [5, 5.41) is 4.58. The first-order valence-electron chi connectivity index (χ1n) is 5.15. The molecule has 2 aromatic rings. The first-order valence-corrected chi connectivity index (χ1v) is 5.96. The molecule has 4 nitrogen and oxygen atoms in total. The molecule has 0 spiro atoms. The van der Waals surface area contributed by atoms with Gasteiger partial charge in [0.05, 0.1) is 4.90 Å². The molecule has 0 amide bonds. The van der Waals surface area contributed by atoms with Crippen LogP contribution in [0.1, 0.15) is 18.5 Å². The van der Waals surface area contributed by atoms with Gasteiger partial charge in [0.1, 0.15) is 12.1 Å². The number of nitrogens with two attached hydrogens (primary N) is 1. The van der Waals surface area contributed by atoms with Crippen LogP contribution in [-0.4, -0.2) is 14.8 Å². The summed E-state index contributed by atoms with van der Waals surface area (Å²) >= 11 is 1.24. The zero-order valence-electron chi connectivity index (χ0n) is 9.59. The molecule has 6 heteroatoms. The number of aryl methyl sites for hydroxylation is 1. The topological polar surface area (TPSA) is 56.7 Å². The van der Waals surface area contributed by atoms with E-state index in [1.54, 1.807) is 17.8 Å². The fraction of sp³-hybridized carbons (Fsp3) is 0.273. The van der Waals surface area contributed by atoms with Crippen LogP contribution in [0.15, 0.2) is 34.6 Å². The number of aromatic nitrogens is 3. The molecule has 90 valence electrons. The molecule has 0 unspecified atom stereocenters. The smallest absolute Gasteiger partial charge is 0.190 e. The van der Waals surface area contributed by atoms with E-state index in [1.807, 2.05) is 13.0 Å². The van der Waals surface area contributed by atoms with Gasteiger partial charge in [-0.25, -0.2) is 14.1 Å². The van der Waals surface area contributed by atoms with Gasteiger partial charge in [-0.1, -0.05) is 6.07 Å². The van der Waals surface area contributed by atoms with E-state index in [0.29, 0.717) is 10.1 Å². The van der Waals surface area contributed by atoms with Crippen LogP contribution in [0.4, 0.5) is 4.39 Å². The Hall–Kier alpha value is -1.40. The summed E-state index contributed by atoms with van der Waals surface area (Å²) in [6.45, 7) is 1.82. The van der Waals surface area contributed by atoms with Gasteiger partial charge in [0, 0.05) is 13.1 Å². The van der Waals surface area contributed by atoms with E-state index >= 15 is 0 Å². The molecule has 0 aliphatic carbocycles. The van der Waals surface area contributed by atoms with Crippen LogP contribution in [0.5, 0.6) is 0 Å².